The topological polar surface area (TPSA) is 50.7 Å². The van der Waals surface area contributed by atoms with Gasteiger partial charge in [-0.15, -0.1) is 0 Å². The van der Waals surface area contributed by atoms with E-state index in [1.807, 2.05) is 18.2 Å². The van der Waals surface area contributed by atoms with Gasteiger partial charge in [0.05, 0.1) is 19.8 Å². The molecule has 0 aliphatic carbocycles. The zero-order valence-electron chi connectivity index (χ0n) is 9.62. The van der Waals surface area contributed by atoms with Crippen molar-refractivity contribution in [2.45, 2.75) is 12.0 Å². The summed E-state index contributed by atoms with van der Waals surface area (Å²) in [5.74, 6) is 1.42. The highest BCUT2D eigenvalue weighted by Gasteiger charge is 2.35. The maximum atomic E-state index is 10.1. The van der Waals surface area contributed by atoms with E-state index in [-0.39, 0.29) is 0 Å². The highest BCUT2D eigenvalue weighted by molar-refractivity contribution is 5.47. The first-order valence-electron chi connectivity index (χ1n) is 5.31. The molecule has 1 saturated heterocycles. The summed E-state index contributed by atoms with van der Waals surface area (Å²) in [5.41, 5.74) is 0.338. The molecular formula is C12H17NO3. The highest BCUT2D eigenvalue weighted by Crippen LogP contribution is 2.33. The first kappa shape index (κ1) is 11.2. The Hall–Kier alpha value is -1.26. The normalized spacial score (nSPS) is 17.7. The molecule has 0 radical (unpaired) electrons. The molecule has 16 heavy (non-hydrogen) atoms. The van der Waals surface area contributed by atoms with Crippen LogP contribution in [0.25, 0.3) is 0 Å². The predicted molar refractivity (Wildman–Crippen MR) is 61.1 cm³/mol. The maximum absolute atomic E-state index is 10.1. The van der Waals surface area contributed by atoms with Gasteiger partial charge in [-0.25, -0.2) is 0 Å². The van der Waals surface area contributed by atoms with E-state index < -0.39 is 5.60 Å². The maximum Gasteiger partial charge on any atom is 0.164 e. The number of methoxy groups -OCH3 is 2. The Kier molecular flexibility index (Phi) is 3.03. The second kappa shape index (κ2) is 4.31. The summed E-state index contributed by atoms with van der Waals surface area (Å²) in [6.45, 7) is 1.26. The van der Waals surface area contributed by atoms with Crippen molar-refractivity contribution in [2.24, 2.45) is 0 Å². The molecule has 1 fully saturated rings. The van der Waals surface area contributed by atoms with Gasteiger partial charge >= 0.3 is 0 Å². The third-order valence-corrected chi connectivity index (χ3v) is 2.91. The van der Waals surface area contributed by atoms with Crippen LogP contribution >= 0.6 is 0 Å². The van der Waals surface area contributed by atoms with Crippen LogP contribution in [0.15, 0.2) is 18.2 Å². The Morgan fingerprint density at radius 3 is 2.56 bits per heavy atom. The Labute approximate surface area is 95.2 Å². The predicted octanol–water partition coefficient (Wildman–Crippen LogP) is 0.581. The van der Waals surface area contributed by atoms with Crippen LogP contribution < -0.4 is 14.8 Å². The molecule has 0 unspecified atom stereocenters. The van der Waals surface area contributed by atoms with Crippen LogP contribution in [0.1, 0.15) is 5.56 Å². The summed E-state index contributed by atoms with van der Waals surface area (Å²) in [6, 6.07) is 5.72. The lowest BCUT2D eigenvalue weighted by atomic mass is 9.89. The molecule has 4 heteroatoms. The Bertz CT molecular complexity index is 375. The number of aliphatic hydroxyl groups is 1. The van der Waals surface area contributed by atoms with Crippen molar-refractivity contribution in [1.29, 1.82) is 0 Å². The van der Waals surface area contributed by atoms with Gasteiger partial charge in [0.15, 0.2) is 11.5 Å². The van der Waals surface area contributed by atoms with Crippen LogP contribution in [-0.2, 0) is 6.42 Å². The molecule has 1 heterocycles. The monoisotopic (exact) mass is 223 g/mol. The lowest BCUT2D eigenvalue weighted by Crippen LogP contribution is -2.60. The fourth-order valence-corrected chi connectivity index (χ4v) is 1.99. The smallest absolute Gasteiger partial charge is 0.164 e. The minimum atomic E-state index is -0.639. The Morgan fingerprint density at radius 1 is 1.31 bits per heavy atom. The number of benzene rings is 1. The van der Waals surface area contributed by atoms with Gasteiger partial charge < -0.3 is 19.9 Å². The average Bonchev–Trinajstić information content (AvgIpc) is 2.26. The molecule has 0 aromatic heterocycles. The number of hydrogen-bond donors (Lipinski definition) is 2. The molecule has 0 bridgehead atoms. The molecule has 1 aromatic carbocycles. The largest absolute Gasteiger partial charge is 0.493 e. The van der Waals surface area contributed by atoms with Crippen LogP contribution in [0, 0.1) is 0 Å². The Morgan fingerprint density at radius 2 is 2.06 bits per heavy atom. The van der Waals surface area contributed by atoms with Crippen molar-refractivity contribution in [3.05, 3.63) is 23.8 Å². The Balaban J connectivity index is 2.25. The lowest BCUT2D eigenvalue weighted by Gasteiger charge is -2.38. The standard InChI is InChI=1S/C12H17NO3/c1-15-10-5-3-4-9(11(10)16-2)6-12(14)7-13-8-12/h3-5,13-14H,6-8H2,1-2H3. The first-order valence-corrected chi connectivity index (χ1v) is 5.31. The van der Waals surface area contributed by atoms with E-state index >= 15 is 0 Å². The number of ether oxygens (including phenoxy) is 2. The first-order chi connectivity index (χ1) is 7.68. The van der Waals surface area contributed by atoms with Crippen LogP contribution in [0.2, 0.25) is 0 Å². The van der Waals surface area contributed by atoms with E-state index in [0.717, 1.165) is 5.56 Å². The zero-order valence-corrected chi connectivity index (χ0v) is 9.62. The van der Waals surface area contributed by atoms with Crippen molar-refractivity contribution < 1.29 is 14.6 Å². The van der Waals surface area contributed by atoms with Gasteiger partial charge in [-0.05, 0) is 6.07 Å². The average molecular weight is 223 g/mol. The van der Waals surface area contributed by atoms with Gasteiger partial charge in [0, 0.05) is 25.1 Å². The molecule has 4 nitrogen and oxygen atoms in total. The highest BCUT2D eigenvalue weighted by atomic mass is 16.5. The number of para-hydroxylation sites is 1. The van der Waals surface area contributed by atoms with Crippen molar-refractivity contribution >= 4 is 0 Å². The molecule has 1 aromatic rings. The molecular weight excluding hydrogens is 206 g/mol. The SMILES string of the molecule is COc1cccc(CC2(O)CNC2)c1OC. The molecule has 1 aliphatic rings. The molecule has 0 saturated carbocycles. The van der Waals surface area contributed by atoms with E-state index in [0.29, 0.717) is 31.0 Å². The van der Waals surface area contributed by atoms with Gasteiger partial charge in [-0.3, -0.25) is 0 Å². The van der Waals surface area contributed by atoms with Crippen LogP contribution in [0.4, 0.5) is 0 Å². The number of nitrogens with one attached hydrogen (secondary N) is 1. The zero-order chi connectivity index (χ0) is 11.6. The number of rotatable bonds is 4. The fraction of sp³-hybridized carbons (Fsp3) is 0.500. The second-order valence-electron chi connectivity index (χ2n) is 4.16. The van der Waals surface area contributed by atoms with Crippen LogP contribution in [-0.4, -0.2) is 38.0 Å². The molecule has 2 N–H and O–H groups in total. The second-order valence-corrected chi connectivity index (χ2v) is 4.16. The number of β-amino-alcohol motifs (C(OH)–C–C–N with tert-alkyl or cyclic N) is 1. The van der Waals surface area contributed by atoms with Gasteiger partial charge in [-0.2, -0.15) is 0 Å². The molecule has 88 valence electrons. The third-order valence-electron chi connectivity index (χ3n) is 2.91. The summed E-state index contributed by atoms with van der Waals surface area (Å²) in [4.78, 5) is 0. The van der Waals surface area contributed by atoms with Gasteiger partial charge in [0.2, 0.25) is 0 Å². The number of hydrogen-bond acceptors (Lipinski definition) is 4. The summed E-state index contributed by atoms with van der Waals surface area (Å²) >= 11 is 0. The quantitative estimate of drug-likeness (QED) is 0.784. The van der Waals surface area contributed by atoms with Crippen LogP contribution in [0.5, 0.6) is 11.5 Å². The lowest BCUT2D eigenvalue weighted by molar-refractivity contribution is -0.00947. The summed E-state index contributed by atoms with van der Waals surface area (Å²) < 4.78 is 10.5. The minimum Gasteiger partial charge on any atom is -0.493 e. The van der Waals surface area contributed by atoms with E-state index in [4.69, 9.17) is 9.47 Å². The van der Waals surface area contributed by atoms with E-state index in [2.05, 4.69) is 5.32 Å². The molecule has 2 rings (SSSR count). The summed E-state index contributed by atoms with van der Waals surface area (Å²) in [7, 11) is 3.23. The fourth-order valence-electron chi connectivity index (χ4n) is 1.99. The van der Waals surface area contributed by atoms with Gasteiger partial charge in [-0.1, -0.05) is 12.1 Å². The van der Waals surface area contributed by atoms with E-state index in [9.17, 15) is 5.11 Å². The van der Waals surface area contributed by atoms with Crippen molar-refractivity contribution in [3.63, 3.8) is 0 Å². The summed E-state index contributed by atoms with van der Waals surface area (Å²) in [5, 5.41) is 13.2. The van der Waals surface area contributed by atoms with E-state index in [1.165, 1.54) is 0 Å². The molecule has 0 spiro atoms. The van der Waals surface area contributed by atoms with E-state index in [1.54, 1.807) is 14.2 Å². The van der Waals surface area contributed by atoms with Gasteiger partial charge in [0.25, 0.3) is 0 Å². The van der Waals surface area contributed by atoms with Gasteiger partial charge in [0.1, 0.15) is 0 Å². The molecule has 1 aliphatic heterocycles. The van der Waals surface area contributed by atoms with Crippen molar-refractivity contribution in [2.75, 3.05) is 27.3 Å². The molecule has 0 amide bonds. The van der Waals surface area contributed by atoms with Crippen molar-refractivity contribution in [1.82, 2.24) is 5.32 Å². The molecule has 0 atom stereocenters. The third kappa shape index (κ3) is 1.99. The van der Waals surface area contributed by atoms with Crippen LogP contribution in [0.3, 0.4) is 0 Å². The minimum absolute atomic E-state index is 0.584. The van der Waals surface area contributed by atoms with Crippen molar-refractivity contribution in [3.8, 4) is 11.5 Å². The summed E-state index contributed by atoms with van der Waals surface area (Å²) in [6.07, 6.45) is 0.584.